The van der Waals surface area contributed by atoms with Crippen molar-refractivity contribution in [2.24, 2.45) is 0 Å². The molecule has 1 aliphatic carbocycles. The highest BCUT2D eigenvalue weighted by Gasteiger charge is 2.20. The van der Waals surface area contributed by atoms with Crippen LogP contribution in [0.25, 0.3) is 0 Å². The van der Waals surface area contributed by atoms with Gasteiger partial charge in [0.05, 0.1) is 0 Å². The summed E-state index contributed by atoms with van der Waals surface area (Å²) in [6.45, 7) is 3.98. The smallest absolute Gasteiger partial charge is 0.164 e. The minimum absolute atomic E-state index is 0.110. The Morgan fingerprint density at radius 2 is 1.85 bits per heavy atom. The van der Waals surface area contributed by atoms with Gasteiger partial charge < -0.3 is 4.90 Å². The summed E-state index contributed by atoms with van der Waals surface area (Å²) in [7, 11) is 0. The monoisotopic (exact) mass is 277 g/mol. The van der Waals surface area contributed by atoms with E-state index in [0.29, 0.717) is 18.0 Å². The molecule has 0 radical (unpaired) electrons. The van der Waals surface area contributed by atoms with Crippen LogP contribution in [0, 0.1) is 5.82 Å². The molecule has 1 aliphatic rings. The van der Waals surface area contributed by atoms with Crippen LogP contribution in [0.3, 0.4) is 0 Å². The topological polar surface area (TPSA) is 20.3 Å². The first-order chi connectivity index (χ1) is 9.70. The molecule has 0 atom stereocenters. The van der Waals surface area contributed by atoms with Crippen molar-refractivity contribution in [3.8, 4) is 0 Å². The van der Waals surface area contributed by atoms with E-state index in [0.717, 1.165) is 13.1 Å². The molecule has 110 valence electrons. The predicted molar refractivity (Wildman–Crippen MR) is 79.5 cm³/mol. The number of rotatable bonds is 6. The van der Waals surface area contributed by atoms with E-state index in [4.69, 9.17) is 0 Å². The first-order valence-corrected chi connectivity index (χ1v) is 7.73. The Labute approximate surface area is 121 Å². The van der Waals surface area contributed by atoms with E-state index in [1.165, 1.54) is 44.2 Å². The fourth-order valence-corrected chi connectivity index (χ4v) is 3.07. The molecule has 3 heteroatoms. The van der Waals surface area contributed by atoms with Crippen LogP contribution in [-0.4, -0.2) is 29.8 Å². The van der Waals surface area contributed by atoms with Crippen LogP contribution in [0.1, 0.15) is 55.8 Å². The Kier molecular flexibility index (Phi) is 5.72. The van der Waals surface area contributed by atoms with Crippen LogP contribution in [-0.2, 0) is 0 Å². The quantitative estimate of drug-likeness (QED) is 0.731. The fraction of sp³-hybridized carbons (Fsp3) is 0.588. The summed E-state index contributed by atoms with van der Waals surface area (Å²) < 4.78 is 12.8. The van der Waals surface area contributed by atoms with E-state index in [9.17, 15) is 9.18 Å². The first kappa shape index (κ1) is 15.2. The summed E-state index contributed by atoms with van der Waals surface area (Å²) in [6, 6.07) is 6.51. The highest BCUT2D eigenvalue weighted by Crippen LogP contribution is 2.22. The molecule has 0 amide bonds. The standard InChI is InChI=1S/C17H24FNO/c1-2-19(16-6-4-3-5-7-16)13-12-17(20)14-8-10-15(18)11-9-14/h8-11,16H,2-7,12-13H2,1H3. The molecule has 1 aromatic rings. The zero-order valence-electron chi connectivity index (χ0n) is 12.3. The molecule has 0 aliphatic heterocycles. The van der Waals surface area contributed by atoms with Crippen molar-refractivity contribution < 1.29 is 9.18 Å². The molecular weight excluding hydrogens is 253 g/mol. The summed E-state index contributed by atoms with van der Waals surface area (Å²) in [5.41, 5.74) is 0.617. The second-order valence-electron chi connectivity index (χ2n) is 5.60. The van der Waals surface area contributed by atoms with Crippen molar-refractivity contribution in [1.29, 1.82) is 0 Å². The number of nitrogens with zero attached hydrogens (tertiary/aromatic N) is 1. The van der Waals surface area contributed by atoms with Gasteiger partial charge in [0.15, 0.2) is 5.78 Å². The van der Waals surface area contributed by atoms with E-state index >= 15 is 0 Å². The number of hydrogen-bond acceptors (Lipinski definition) is 2. The molecule has 0 N–H and O–H groups in total. The van der Waals surface area contributed by atoms with Gasteiger partial charge in [0.25, 0.3) is 0 Å². The number of Topliss-reactive ketones (excluding diaryl/α,β-unsaturated/α-hetero) is 1. The Bertz CT molecular complexity index is 423. The molecular formula is C17H24FNO. The molecule has 0 bridgehead atoms. The van der Waals surface area contributed by atoms with Gasteiger partial charge in [-0.1, -0.05) is 26.2 Å². The van der Waals surface area contributed by atoms with Gasteiger partial charge in [-0.25, -0.2) is 4.39 Å². The first-order valence-electron chi connectivity index (χ1n) is 7.73. The van der Waals surface area contributed by atoms with Gasteiger partial charge >= 0.3 is 0 Å². The van der Waals surface area contributed by atoms with Gasteiger partial charge in [0, 0.05) is 24.6 Å². The maximum atomic E-state index is 12.8. The van der Waals surface area contributed by atoms with Gasteiger partial charge in [0.1, 0.15) is 5.82 Å². The molecule has 20 heavy (non-hydrogen) atoms. The number of hydrogen-bond donors (Lipinski definition) is 0. The maximum absolute atomic E-state index is 12.8. The van der Waals surface area contributed by atoms with Crippen LogP contribution in [0.4, 0.5) is 4.39 Å². The normalized spacial score (nSPS) is 16.6. The molecule has 1 aromatic carbocycles. The average Bonchev–Trinajstić information content (AvgIpc) is 2.49. The lowest BCUT2D eigenvalue weighted by Gasteiger charge is -2.33. The maximum Gasteiger partial charge on any atom is 0.164 e. The third-order valence-electron chi connectivity index (χ3n) is 4.29. The molecule has 1 saturated carbocycles. The average molecular weight is 277 g/mol. The largest absolute Gasteiger partial charge is 0.300 e. The van der Waals surface area contributed by atoms with E-state index < -0.39 is 0 Å². The van der Waals surface area contributed by atoms with Crippen molar-refractivity contribution in [3.63, 3.8) is 0 Å². The Hall–Kier alpha value is -1.22. The van der Waals surface area contributed by atoms with Crippen LogP contribution in [0.2, 0.25) is 0 Å². The minimum Gasteiger partial charge on any atom is -0.300 e. The predicted octanol–water partition coefficient (Wildman–Crippen LogP) is 4.05. The van der Waals surface area contributed by atoms with Crippen molar-refractivity contribution in [2.75, 3.05) is 13.1 Å². The van der Waals surface area contributed by atoms with E-state index in [1.807, 2.05) is 0 Å². The molecule has 0 saturated heterocycles. The fourth-order valence-electron chi connectivity index (χ4n) is 3.07. The van der Waals surface area contributed by atoms with E-state index in [1.54, 1.807) is 12.1 Å². The van der Waals surface area contributed by atoms with Crippen molar-refractivity contribution in [2.45, 2.75) is 51.5 Å². The lowest BCUT2D eigenvalue weighted by molar-refractivity contribution is 0.0939. The van der Waals surface area contributed by atoms with E-state index in [2.05, 4.69) is 11.8 Å². The van der Waals surface area contributed by atoms with E-state index in [-0.39, 0.29) is 11.6 Å². The number of carbonyl (C=O) groups excluding carboxylic acids is 1. The zero-order valence-corrected chi connectivity index (χ0v) is 12.3. The Morgan fingerprint density at radius 1 is 1.20 bits per heavy atom. The van der Waals surface area contributed by atoms with Crippen molar-refractivity contribution >= 4 is 5.78 Å². The number of benzene rings is 1. The van der Waals surface area contributed by atoms with Gasteiger partial charge in [0.2, 0.25) is 0 Å². The summed E-state index contributed by atoms with van der Waals surface area (Å²) in [4.78, 5) is 14.5. The molecule has 0 unspecified atom stereocenters. The molecule has 2 rings (SSSR count). The van der Waals surface area contributed by atoms with Crippen LogP contribution >= 0.6 is 0 Å². The van der Waals surface area contributed by atoms with Gasteiger partial charge in [-0.2, -0.15) is 0 Å². The summed E-state index contributed by atoms with van der Waals surface area (Å²) in [5.74, 6) is -0.182. The third kappa shape index (κ3) is 4.14. The second-order valence-corrected chi connectivity index (χ2v) is 5.60. The lowest BCUT2D eigenvalue weighted by Crippen LogP contribution is -2.38. The SMILES string of the molecule is CCN(CCC(=O)c1ccc(F)cc1)C1CCCCC1. The Morgan fingerprint density at radius 3 is 2.45 bits per heavy atom. The molecule has 0 aromatic heterocycles. The number of carbonyl (C=O) groups is 1. The minimum atomic E-state index is -0.293. The summed E-state index contributed by atoms with van der Waals surface area (Å²) >= 11 is 0. The summed E-state index contributed by atoms with van der Waals surface area (Å²) in [5, 5.41) is 0. The third-order valence-corrected chi connectivity index (χ3v) is 4.29. The van der Waals surface area contributed by atoms with Gasteiger partial charge in [-0.3, -0.25) is 4.79 Å². The lowest BCUT2D eigenvalue weighted by atomic mass is 9.94. The second kappa shape index (κ2) is 7.53. The molecule has 2 nitrogen and oxygen atoms in total. The highest BCUT2D eigenvalue weighted by molar-refractivity contribution is 5.96. The Balaban J connectivity index is 1.85. The number of ketones is 1. The highest BCUT2D eigenvalue weighted by atomic mass is 19.1. The summed E-state index contributed by atoms with van der Waals surface area (Å²) in [6.07, 6.45) is 7.02. The zero-order chi connectivity index (χ0) is 14.4. The van der Waals surface area contributed by atoms with Gasteiger partial charge in [-0.05, 0) is 43.7 Å². The number of halogens is 1. The van der Waals surface area contributed by atoms with Crippen LogP contribution in [0.5, 0.6) is 0 Å². The van der Waals surface area contributed by atoms with Crippen LogP contribution in [0.15, 0.2) is 24.3 Å². The molecule has 0 spiro atoms. The van der Waals surface area contributed by atoms with Crippen molar-refractivity contribution in [1.82, 2.24) is 4.90 Å². The molecule has 0 heterocycles. The van der Waals surface area contributed by atoms with Crippen molar-refractivity contribution in [3.05, 3.63) is 35.6 Å². The van der Waals surface area contributed by atoms with Gasteiger partial charge in [-0.15, -0.1) is 0 Å². The molecule has 1 fully saturated rings. The van der Waals surface area contributed by atoms with Crippen LogP contribution < -0.4 is 0 Å².